The quantitative estimate of drug-likeness (QED) is 0.899. The Morgan fingerprint density at radius 1 is 1.14 bits per heavy atom. The highest BCUT2D eigenvalue weighted by atomic mass is 35.5. The zero-order valence-corrected chi connectivity index (χ0v) is 12.4. The molecule has 1 atom stereocenters. The van der Waals surface area contributed by atoms with Crippen LogP contribution in [0.4, 0.5) is 0 Å². The van der Waals surface area contributed by atoms with E-state index in [0.29, 0.717) is 22.0 Å². The summed E-state index contributed by atoms with van der Waals surface area (Å²) in [7, 11) is 0. The van der Waals surface area contributed by atoms with Crippen molar-refractivity contribution in [3.05, 3.63) is 69.2 Å². The van der Waals surface area contributed by atoms with Crippen molar-refractivity contribution < 1.29 is 9.90 Å². The van der Waals surface area contributed by atoms with Crippen LogP contribution in [0.15, 0.2) is 42.5 Å². The monoisotopic (exact) mass is 319 g/mol. The van der Waals surface area contributed by atoms with Crippen LogP contribution in [-0.2, 0) is 6.42 Å². The van der Waals surface area contributed by atoms with E-state index in [9.17, 15) is 10.1 Å². The first kappa shape index (κ1) is 15.4. The molecule has 0 aliphatic carbocycles. The van der Waals surface area contributed by atoms with Gasteiger partial charge < -0.3 is 5.11 Å². The molecule has 2 aromatic carbocycles. The zero-order valence-electron chi connectivity index (χ0n) is 10.9. The molecule has 0 saturated heterocycles. The van der Waals surface area contributed by atoms with Crippen molar-refractivity contribution in [3.8, 4) is 6.07 Å². The Labute approximate surface area is 132 Å². The van der Waals surface area contributed by atoms with Crippen LogP contribution in [0, 0.1) is 11.3 Å². The minimum atomic E-state index is -0.979. The van der Waals surface area contributed by atoms with E-state index in [1.54, 1.807) is 30.3 Å². The second kappa shape index (κ2) is 6.62. The molecule has 106 valence electrons. The second-order valence-electron chi connectivity index (χ2n) is 4.52. The lowest BCUT2D eigenvalue weighted by Crippen LogP contribution is -2.03. The number of benzene rings is 2. The number of carbonyl (C=O) groups is 1. The first-order valence-electron chi connectivity index (χ1n) is 6.18. The molecule has 5 heteroatoms. The van der Waals surface area contributed by atoms with Gasteiger partial charge in [0.2, 0.25) is 0 Å². The Hall–Kier alpha value is -2.02. The summed E-state index contributed by atoms with van der Waals surface area (Å²) in [5, 5.41) is 19.1. The molecular formula is C16H11Cl2NO2. The molecule has 0 heterocycles. The van der Waals surface area contributed by atoms with Crippen LogP contribution in [0.5, 0.6) is 0 Å². The van der Waals surface area contributed by atoms with E-state index in [1.807, 2.05) is 0 Å². The summed E-state index contributed by atoms with van der Waals surface area (Å²) in [6.07, 6.45) is 0.417. The average Bonchev–Trinajstić information content (AvgIpc) is 2.46. The highest BCUT2D eigenvalue weighted by molar-refractivity contribution is 6.36. The van der Waals surface area contributed by atoms with Gasteiger partial charge in [0.25, 0.3) is 0 Å². The van der Waals surface area contributed by atoms with E-state index < -0.39 is 11.9 Å². The van der Waals surface area contributed by atoms with Crippen LogP contribution >= 0.6 is 23.2 Å². The van der Waals surface area contributed by atoms with Crippen molar-refractivity contribution in [1.29, 1.82) is 5.26 Å². The van der Waals surface area contributed by atoms with Crippen molar-refractivity contribution in [3.63, 3.8) is 0 Å². The molecule has 0 bridgehead atoms. The summed E-state index contributed by atoms with van der Waals surface area (Å²) >= 11 is 12.2. The zero-order chi connectivity index (χ0) is 15.4. The van der Waals surface area contributed by atoms with Gasteiger partial charge in [-0.3, -0.25) is 0 Å². The maximum Gasteiger partial charge on any atom is 0.335 e. The van der Waals surface area contributed by atoms with Crippen LogP contribution in [0.25, 0.3) is 0 Å². The maximum atomic E-state index is 10.8. The number of nitriles is 1. The number of hydrogen-bond donors (Lipinski definition) is 1. The molecule has 0 spiro atoms. The molecule has 0 aliphatic heterocycles. The van der Waals surface area contributed by atoms with Crippen LogP contribution in [0.1, 0.15) is 27.4 Å². The average molecular weight is 320 g/mol. The van der Waals surface area contributed by atoms with Crippen molar-refractivity contribution in [1.82, 2.24) is 0 Å². The van der Waals surface area contributed by atoms with E-state index in [2.05, 4.69) is 6.07 Å². The van der Waals surface area contributed by atoms with E-state index in [-0.39, 0.29) is 5.56 Å². The standard InChI is InChI=1S/C16H11Cl2NO2/c17-13-2-1-3-14(18)15(13)12(9-19)8-10-4-6-11(7-5-10)16(20)21/h1-7,12H,8H2,(H,20,21). The predicted octanol–water partition coefficient (Wildman–Crippen LogP) is 4.54. The van der Waals surface area contributed by atoms with Gasteiger partial charge in [-0.25, -0.2) is 4.79 Å². The van der Waals surface area contributed by atoms with Gasteiger partial charge in [-0.1, -0.05) is 41.4 Å². The van der Waals surface area contributed by atoms with Crippen LogP contribution in [0.2, 0.25) is 10.0 Å². The van der Waals surface area contributed by atoms with Crippen molar-refractivity contribution in [2.24, 2.45) is 0 Å². The molecule has 0 saturated carbocycles. The smallest absolute Gasteiger partial charge is 0.335 e. The summed E-state index contributed by atoms with van der Waals surface area (Å²) in [5.41, 5.74) is 1.66. The molecule has 2 rings (SSSR count). The Morgan fingerprint density at radius 2 is 1.71 bits per heavy atom. The maximum absolute atomic E-state index is 10.8. The summed E-state index contributed by atoms with van der Waals surface area (Å²) in [5.74, 6) is -1.46. The normalized spacial score (nSPS) is 11.7. The van der Waals surface area contributed by atoms with Gasteiger partial charge in [-0.2, -0.15) is 5.26 Å². The molecule has 0 aliphatic rings. The fourth-order valence-electron chi connectivity index (χ4n) is 2.07. The number of carboxylic acids is 1. The lowest BCUT2D eigenvalue weighted by molar-refractivity contribution is 0.0697. The minimum Gasteiger partial charge on any atom is -0.478 e. The number of aromatic carboxylic acids is 1. The van der Waals surface area contributed by atoms with Gasteiger partial charge in [0.15, 0.2) is 0 Å². The van der Waals surface area contributed by atoms with Gasteiger partial charge in [0, 0.05) is 15.6 Å². The Morgan fingerprint density at radius 3 is 2.19 bits per heavy atom. The molecule has 1 N–H and O–H groups in total. The third kappa shape index (κ3) is 3.55. The van der Waals surface area contributed by atoms with Crippen LogP contribution in [0.3, 0.4) is 0 Å². The van der Waals surface area contributed by atoms with Crippen molar-refractivity contribution in [2.45, 2.75) is 12.3 Å². The number of nitrogens with zero attached hydrogens (tertiary/aromatic N) is 1. The third-order valence-corrected chi connectivity index (χ3v) is 3.80. The SMILES string of the molecule is N#CC(Cc1ccc(C(=O)O)cc1)c1c(Cl)cccc1Cl. The molecule has 0 fully saturated rings. The second-order valence-corrected chi connectivity index (χ2v) is 5.34. The van der Waals surface area contributed by atoms with E-state index >= 15 is 0 Å². The summed E-state index contributed by atoms with van der Waals surface area (Å²) in [4.78, 5) is 10.8. The van der Waals surface area contributed by atoms with Gasteiger partial charge >= 0.3 is 5.97 Å². The van der Waals surface area contributed by atoms with E-state index in [4.69, 9.17) is 28.3 Å². The third-order valence-electron chi connectivity index (χ3n) is 3.14. The van der Waals surface area contributed by atoms with E-state index in [0.717, 1.165) is 5.56 Å². The Balaban J connectivity index is 2.28. The molecule has 0 aromatic heterocycles. The number of hydrogen-bond acceptors (Lipinski definition) is 2. The molecule has 21 heavy (non-hydrogen) atoms. The summed E-state index contributed by atoms with van der Waals surface area (Å²) < 4.78 is 0. The van der Waals surface area contributed by atoms with E-state index in [1.165, 1.54) is 12.1 Å². The summed E-state index contributed by atoms with van der Waals surface area (Å²) in [6.45, 7) is 0. The molecule has 0 amide bonds. The fraction of sp³-hybridized carbons (Fsp3) is 0.125. The summed E-state index contributed by atoms with van der Waals surface area (Å²) in [6, 6.07) is 13.7. The highest BCUT2D eigenvalue weighted by Gasteiger charge is 2.18. The fourth-order valence-corrected chi connectivity index (χ4v) is 2.74. The number of rotatable bonds is 4. The van der Waals surface area contributed by atoms with Gasteiger partial charge in [-0.05, 0) is 36.2 Å². The molecule has 0 radical (unpaired) electrons. The van der Waals surface area contributed by atoms with Crippen molar-refractivity contribution >= 4 is 29.2 Å². The molecule has 3 nitrogen and oxygen atoms in total. The van der Waals surface area contributed by atoms with Crippen LogP contribution < -0.4 is 0 Å². The highest BCUT2D eigenvalue weighted by Crippen LogP contribution is 2.33. The largest absolute Gasteiger partial charge is 0.478 e. The van der Waals surface area contributed by atoms with Crippen LogP contribution in [-0.4, -0.2) is 11.1 Å². The van der Waals surface area contributed by atoms with Gasteiger partial charge in [0.05, 0.1) is 17.6 Å². The Kier molecular flexibility index (Phi) is 4.85. The number of halogens is 2. The van der Waals surface area contributed by atoms with Gasteiger partial charge in [-0.15, -0.1) is 0 Å². The first-order chi connectivity index (χ1) is 10.0. The van der Waals surface area contributed by atoms with Crippen molar-refractivity contribution in [2.75, 3.05) is 0 Å². The molecular weight excluding hydrogens is 309 g/mol. The minimum absolute atomic E-state index is 0.211. The predicted molar refractivity (Wildman–Crippen MR) is 81.9 cm³/mol. The number of carboxylic acid groups (broad SMARTS) is 1. The molecule has 2 aromatic rings. The first-order valence-corrected chi connectivity index (χ1v) is 6.94. The molecule has 1 unspecified atom stereocenters. The lowest BCUT2D eigenvalue weighted by Gasteiger charge is -2.13. The lowest BCUT2D eigenvalue weighted by atomic mass is 9.92. The topological polar surface area (TPSA) is 61.1 Å². The van der Waals surface area contributed by atoms with Gasteiger partial charge in [0.1, 0.15) is 0 Å². The Bertz CT molecular complexity index is 685.